The molecule has 1 N–H and O–H groups in total. The number of methoxy groups -OCH3 is 1. The number of hydrogen-bond acceptors (Lipinski definition) is 3. The molecule has 20 heavy (non-hydrogen) atoms. The minimum Gasteiger partial charge on any atom is -0.497 e. The number of ether oxygens (including phenoxy) is 2. The van der Waals surface area contributed by atoms with Gasteiger partial charge in [-0.2, -0.15) is 0 Å². The van der Waals surface area contributed by atoms with Crippen LogP contribution in [0.4, 0.5) is 0 Å². The van der Waals surface area contributed by atoms with Crippen molar-refractivity contribution in [3.05, 3.63) is 35.5 Å². The van der Waals surface area contributed by atoms with E-state index in [0.29, 0.717) is 6.61 Å². The monoisotopic (exact) mass is 271 g/mol. The first-order chi connectivity index (χ1) is 9.72. The second-order valence-corrected chi connectivity index (χ2v) is 4.81. The maximum atomic E-state index is 11.6. The number of esters is 1. The van der Waals surface area contributed by atoms with Gasteiger partial charge in [0, 0.05) is 22.7 Å². The summed E-state index contributed by atoms with van der Waals surface area (Å²) in [6.07, 6.45) is 3.41. The number of aryl methyl sites for hydroxylation is 1. The SMILES string of the molecule is CCOC(=O)/C=C1\CCc2c1[nH]c1ccc(OC)cc21. The molecule has 0 amide bonds. The minimum absolute atomic E-state index is 0.272. The molecule has 1 aromatic heterocycles. The molecule has 1 heterocycles. The zero-order valence-electron chi connectivity index (χ0n) is 11.7. The summed E-state index contributed by atoms with van der Waals surface area (Å²) in [5, 5.41) is 1.17. The van der Waals surface area contributed by atoms with Gasteiger partial charge in [0.15, 0.2) is 0 Å². The molecule has 0 aliphatic heterocycles. The van der Waals surface area contributed by atoms with Crippen LogP contribution in [-0.4, -0.2) is 24.7 Å². The lowest BCUT2D eigenvalue weighted by molar-refractivity contribution is -0.137. The summed E-state index contributed by atoms with van der Waals surface area (Å²) in [5.74, 6) is 0.578. The van der Waals surface area contributed by atoms with Crippen LogP contribution in [0.25, 0.3) is 16.5 Å². The Hall–Kier alpha value is -2.23. The summed E-state index contributed by atoms with van der Waals surface area (Å²) in [6.45, 7) is 2.21. The number of aromatic amines is 1. The maximum absolute atomic E-state index is 11.6. The molecule has 3 rings (SSSR count). The zero-order chi connectivity index (χ0) is 14.1. The number of allylic oxidation sites excluding steroid dienone is 1. The van der Waals surface area contributed by atoms with E-state index in [0.717, 1.165) is 35.4 Å². The van der Waals surface area contributed by atoms with Gasteiger partial charge >= 0.3 is 5.97 Å². The first-order valence-electron chi connectivity index (χ1n) is 6.79. The van der Waals surface area contributed by atoms with Crippen LogP contribution in [-0.2, 0) is 16.0 Å². The lowest BCUT2D eigenvalue weighted by atomic mass is 10.1. The van der Waals surface area contributed by atoms with Crippen LogP contribution in [0.1, 0.15) is 24.6 Å². The van der Waals surface area contributed by atoms with Gasteiger partial charge in [-0.3, -0.25) is 0 Å². The molecule has 4 heteroatoms. The van der Waals surface area contributed by atoms with Gasteiger partial charge in [0.2, 0.25) is 0 Å². The maximum Gasteiger partial charge on any atom is 0.331 e. The highest BCUT2D eigenvalue weighted by Crippen LogP contribution is 2.38. The first kappa shape index (κ1) is 12.8. The molecule has 0 fully saturated rings. The molecule has 4 nitrogen and oxygen atoms in total. The highest BCUT2D eigenvalue weighted by Gasteiger charge is 2.22. The van der Waals surface area contributed by atoms with E-state index in [-0.39, 0.29) is 5.97 Å². The summed E-state index contributed by atoms with van der Waals surface area (Å²) in [4.78, 5) is 15.0. The van der Waals surface area contributed by atoms with E-state index < -0.39 is 0 Å². The van der Waals surface area contributed by atoms with Crippen LogP contribution in [0.2, 0.25) is 0 Å². The van der Waals surface area contributed by atoms with E-state index in [4.69, 9.17) is 9.47 Å². The zero-order valence-corrected chi connectivity index (χ0v) is 11.7. The fourth-order valence-corrected chi connectivity index (χ4v) is 2.74. The predicted octanol–water partition coefficient (Wildman–Crippen LogP) is 3.07. The highest BCUT2D eigenvalue weighted by molar-refractivity contribution is 5.97. The van der Waals surface area contributed by atoms with Crippen molar-refractivity contribution < 1.29 is 14.3 Å². The fraction of sp³-hybridized carbons (Fsp3) is 0.312. The Morgan fingerprint density at radius 2 is 2.25 bits per heavy atom. The molecule has 1 aromatic carbocycles. The van der Waals surface area contributed by atoms with E-state index in [1.165, 1.54) is 10.9 Å². The number of H-pyrrole nitrogens is 1. The average molecular weight is 271 g/mol. The predicted molar refractivity (Wildman–Crippen MR) is 77.8 cm³/mol. The molecule has 0 bridgehead atoms. The summed E-state index contributed by atoms with van der Waals surface area (Å²) < 4.78 is 10.3. The fourth-order valence-electron chi connectivity index (χ4n) is 2.74. The average Bonchev–Trinajstić information content (AvgIpc) is 2.98. The lowest BCUT2D eigenvalue weighted by Crippen LogP contribution is -2.00. The van der Waals surface area contributed by atoms with E-state index >= 15 is 0 Å². The standard InChI is InChI=1S/C16H17NO3/c1-3-20-15(18)8-10-4-6-12-13-9-11(19-2)5-7-14(13)17-16(10)12/h5,7-9,17H,3-4,6H2,1-2H3/b10-8+. The van der Waals surface area contributed by atoms with Crippen molar-refractivity contribution in [2.24, 2.45) is 0 Å². The third-order valence-corrected chi connectivity index (χ3v) is 3.66. The number of benzene rings is 1. The van der Waals surface area contributed by atoms with Gasteiger partial charge < -0.3 is 14.5 Å². The van der Waals surface area contributed by atoms with Gasteiger partial charge in [-0.25, -0.2) is 4.79 Å². The van der Waals surface area contributed by atoms with Crippen molar-refractivity contribution >= 4 is 22.4 Å². The third kappa shape index (κ3) is 2.07. The Morgan fingerprint density at radius 1 is 1.40 bits per heavy atom. The van der Waals surface area contributed by atoms with E-state index in [9.17, 15) is 4.79 Å². The number of rotatable bonds is 3. The lowest BCUT2D eigenvalue weighted by Gasteiger charge is -2.00. The van der Waals surface area contributed by atoms with Crippen LogP contribution >= 0.6 is 0 Å². The van der Waals surface area contributed by atoms with Crippen molar-refractivity contribution in [3.63, 3.8) is 0 Å². The minimum atomic E-state index is -0.272. The summed E-state index contributed by atoms with van der Waals surface area (Å²) in [5.41, 5.74) is 4.41. The van der Waals surface area contributed by atoms with Crippen molar-refractivity contribution in [1.82, 2.24) is 4.98 Å². The Morgan fingerprint density at radius 3 is 3.00 bits per heavy atom. The van der Waals surface area contributed by atoms with E-state index in [1.807, 2.05) is 25.1 Å². The van der Waals surface area contributed by atoms with Gasteiger partial charge in [-0.15, -0.1) is 0 Å². The van der Waals surface area contributed by atoms with Crippen molar-refractivity contribution in [2.75, 3.05) is 13.7 Å². The Labute approximate surface area is 117 Å². The topological polar surface area (TPSA) is 51.3 Å². The second kappa shape index (κ2) is 5.04. The summed E-state index contributed by atoms with van der Waals surface area (Å²) in [7, 11) is 1.67. The smallest absolute Gasteiger partial charge is 0.331 e. The third-order valence-electron chi connectivity index (χ3n) is 3.66. The molecule has 0 atom stereocenters. The number of hydrogen-bond donors (Lipinski definition) is 1. The molecule has 2 aromatic rings. The quantitative estimate of drug-likeness (QED) is 0.689. The summed E-state index contributed by atoms with van der Waals surface area (Å²) in [6, 6.07) is 5.98. The second-order valence-electron chi connectivity index (χ2n) is 4.81. The van der Waals surface area contributed by atoms with Gasteiger partial charge in [0.05, 0.1) is 13.7 Å². The van der Waals surface area contributed by atoms with E-state index in [1.54, 1.807) is 13.2 Å². The normalized spacial score (nSPS) is 15.6. The van der Waals surface area contributed by atoms with Crippen molar-refractivity contribution in [1.29, 1.82) is 0 Å². The van der Waals surface area contributed by atoms with Gasteiger partial charge in [-0.05, 0) is 49.1 Å². The highest BCUT2D eigenvalue weighted by atomic mass is 16.5. The first-order valence-corrected chi connectivity index (χ1v) is 6.79. The van der Waals surface area contributed by atoms with Crippen LogP contribution in [0.5, 0.6) is 5.75 Å². The van der Waals surface area contributed by atoms with Crippen LogP contribution in [0, 0.1) is 0 Å². The molecule has 0 spiro atoms. The number of aromatic nitrogens is 1. The van der Waals surface area contributed by atoms with Crippen molar-refractivity contribution in [3.8, 4) is 5.75 Å². The Balaban J connectivity index is 2.04. The van der Waals surface area contributed by atoms with Crippen LogP contribution < -0.4 is 4.74 Å². The summed E-state index contributed by atoms with van der Waals surface area (Å²) >= 11 is 0. The molecular formula is C16H17NO3. The molecule has 1 aliphatic rings. The molecule has 0 saturated heterocycles. The number of nitrogens with one attached hydrogen (secondary N) is 1. The van der Waals surface area contributed by atoms with Gasteiger partial charge in [0.25, 0.3) is 0 Å². The van der Waals surface area contributed by atoms with Gasteiger partial charge in [0.1, 0.15) is 5.75 Å². The number of fused-ring (bicyclic) bond motifs is 3. The molecule has 0 unspecified atom stereocenters. The number of carbonyl (C=O) groups is 1. The molecule has 1 aliphatic carbocycles. The molecule has 104 valence electrons. The molecule has 0 radical (unpaired) electrons. The Bertz CT molecular complexity index is 697. The van der Waals surface area contributed by atoms with Gasteiger partial charge in [-0.1, -0.05) is 0 Å². The van der Waals surface area contributed by atoms with E-state index in [2.05, 4.69) is 4.98 Å². The molecule has 0 saturated carbocycles. The van der Waals surface area contributed by atoms with Crippen molar-refractivity contribution in [2.45, 2.75) is 19.8 Å². The largest absolute Gasteiger partial charge is 0.497 e. The van der Waals surface area contributed by atoms with Crippen LogP contribution in [0.3, 0.4) is 0 Å². The molecular weight excluding hydrogens is 254 g/mol. The van der Waals surface area contributed by atoms with Crippen LogP contribution in [0.15, 0.2) is 24.3 Å². The number of carbonyl (C=O) groups excluding carboxylic acids is 1. The Kier molecular flexibility index (Phi) is 3.22.